The fraction of sp³-hybridized carbons (Fsp3) is 0.355. The molecule has 2 amide bonds. The number of amides is 2. The summed E-state index contributed by atoms with van der Waals surface area (Å²) in [5, 5.41) is 3.37. The zero-order valence-electron chi connectivity index (χ0n) is 23.6. The number of rotatable bonds is 14. The summed E-state index contributed by atoms with van der Waals surface area (Å²) in [5.74, 6) is -1.19. The van der Waals surface area contributed by atoms with Crippen molar-refractivity contribution < 1.29 is 22.4 Å². The highest BCUT2D eigenvalue weighted by molar-refractivity contribution is 7.92. The van der Waals surface area contributed by atoms with Gasteiger partial charge in [-0.15, -0.1) is 0 Å². The van der Waals surface area contributed by atoms with Crippen molar-refractivity contribution in [3.05, 3.63) is 101 Å². The molecule has 3 rings (SSSR count). The number of nitrogens with one attached hydrogen (secondary N) is 1. The van der Waals surface area contributed by atoms with Crippen LogP contribution in [0.4, 0.5) is 10.1 Å². The van der Waals surface area contributed by atoms with E-state index in [1.165, 1.54) is 15.3 Å². The number of anilines is 1. The maximum atomic E-state index is 14.8. The number of nitrogens with zero attached hydrogens (tertiary/aromatic N) is 2. The minimum Gasteiger partial charge on any atom is -0.352 e. The number of sulfonamides is 1. The normalized spacial score (nSPS) is 12.8. The molecular weight excluding hydrogens is 565 g/mol. The van der Waals surface area contributed by atoms with Crippen LogP contribution in [0.15, 0.2) is 78.9 Å². The molecule has 3 aromatic carbocycles. The van der Waals surface area contributed by atoms with Gasteiger partial charge in [-0.1, -0.05) is 73.1 Å². The Labute approximate surface area is 247 Å². The molecule has 2 atom stereocenters. The molecule has 0 bridgehead atoms. The second-order valence-corrected chi connectivity index (χ2v) is 12.4. The van der Waals surface area contributed by atoms with Crippen molar-refractivity contribution in [3.63, 3.8) is 0 Å². The van der Waals surface area contributed by atoms with Crippen LogP contribution in [-0.4, -0.2) is 50.0 Å². The van der Waals surface area contributed by atoms with E-state index in [1.54, 1.807) is 42.5 Å². The summed E-state index contributed by atoms with van der Waals surface area (Å²) < 4.78 is 41.1. The van der Waals surface area contributed by atoms with Gasteiger partial charge in [0.05, 0.1) is 11.9 Å². The molecule has 3 aromatic rings. The van der Waals surface area contributed by atoms with Gasteiger partial charge in [0.25, 0.3) is 0 Å². The van der Waals surface area contributed by atoms with Crippen LogP contribution in [0.1, 0.15) is 44.2 Å². The van der Waals surface area contributed by atoms with Crippen LogP contribution in [0.2, 0.25) is 5.02 Å². The molecule has 0 unspecified atom stereocenters. The van der Waals surface area contributed by atoms with Crippen LogP contribution in [0, 0.1) is 5.82 Å². The third-order valence-corrected chi connectivity index (χ3v) is 8.25. The maximum absolute atomic E-state index is 14.8. The average Bonchev–Trinajstić information content (AvgIpc) is 2.93. The average molecular weight is 602 g/mol. The second-order valence-electron chi connectivity index (χ2n) is 10.1. The first-order valence-electron chi connectivity index (χ1n) is 13.6. The van der Waals surface area contributed by atoms with Crippen LogP contribution >= 0.6 is 11.6 Å². The summed E-state index contributed by atoms with van der Waals surface area (Å²) in [6, 6.07) is 21.0. The SMILES string of the molecule is CC[C@@H](C)NC(=O)[C@@H](Cc1ccccc1)N(Cc1ccccc1F)C(=O)CCCN(c1cccc(Cl)c1)S(C)(=O)=O. The smallest absolute Gasteiger partial charge is 0.243 e. The fourth-order valence-electron chi connectivity index (χ4n) is 4.44. The minimum absolute atomic E-state index is 0.0286. The molecule has 0 saturated heterocycles. The highest BCUT2D eigenvalue weighted by atomic mass is 35.5. The number of halogens is 2. The van der Waals surface area contributed by atoms with Crippen LogP contribution in [0.25, 0.3) is 0 Å². The molecule has 1 N–H and O–H groups in total. The molecule has 7 nitrogen and oxygen atoms in total. The van der Waals surface area contributed by atoms with E-state index in [9.17, 15) is 22.4 Å². The third kappa shape index (κ3) is 9.57. The highest BCUT2D eigenvalue weighted by Gasteiger charge is 2.31. The summed E-state index contributed by atoms with van der Waals surface area (Å²) in [6.07, 6.45) is 2.16. The molecule has 0 aliphatic carbocycles. The topological polar surface area (TPSA) is 86.8 Å². The fourth-order valence-corrected chi connectivity index (χ4v) is 5.58. The van der Waals surface area contributed by atoms with E-state index in [2.05, 4.69) is 5.32 Å². The molecular formula is C31H37ClFN3O4S. The Morgan fingerprint density at radius 2 is 1.68 bits per heavy atom. The number of carbonyl (C=O) groups is 2. The quantitative estimate of drug-likeness (QED) is 0.261. The van der Waals surface area contributed by atoms with Crippen molar-refractivity contribution in [1.29, 1.82) is 0 Å². The summed E-state index contributed by atoms with van der Waals surface area (Å²) in [5.41, 5.74) is 1.53. The minimum atomic E-state index is -3.66. The lowest BCUT2D eigenvalue weighted by atomic mass is 10.0. The van der Waals surface area contributed by atoms with Gasteiger partial charge in [0.15, 0.2) is 0 Å². The van der Waals surface area contributed by atoms with Crippen molar-refractivity contribution in [1.82, 2.24) is 10.2 Å². The zero-order chi connectivity index (χ0) is 30.0. The van der Waals surface area contributed by atoms with Gasteiger partial charge in [-0.25, -0.2) is 12.8 Å². The molecule has 0 saturated carbocycles. The van der Waals surface area contributed by atoms with Gasteiger partial charge in [0.2, 0.25) is 21.8 Å². The molecule has 0 spiro atoms. The van der Waals surface area contributed by atoms with Gasteiger partial charge in [0, 0.05) is 42.6 Å². The Balaban J connectivity index is 1.90. The first kappa shape index (κ1) is 32.1. The lowest BCUT2D eigenvalue weighted by molar-refractivity contribution is -0.141. The van der Waals surface area contributed by atoms with Gasteiger partial charge in [0.1, 0.15) is 11.9 Å². The van der Waals surface area contributed by atoms with Crippen molar-refractivity contribution in [2.45, 2.75) is 58.2 Å². The molecule has 0 aliphatic rings. The predicted octanol–water partition coefficient (Wildman–Crippen LogP) is 5.58. The molecule has 0 fully saturated rings. The molecule has 0 heterocycles. The zero-order valence-corrected chi connectivity index (χ0v) is 25.2. The summed E-state index contributed by atoms with van der Waals surface area (Å²) in [6.45, 7) is 3.75. The number of benzene rings is 3. The lowest BCUT2D eigenvalue weighted by Crippen LogP contribution is -2.52. The standard InChI is InChI=1S/C31H37ClFN3O4S/c1-4-23(2)34-31(38)29(20-24-12-6-5-7-13-24)35(22-25-14-8-9-17-28(25)33)30(37)18-11-19-36(41(3,39)40)27-16-10-15-26(32)21-27/h5-10,12-17,21,23,29H,4,11,18-20,22H2,1-3H3,(H,34,38)/t23-,29-/m1/s1. The maximum Gasteiger partial charge on any atom is 0.243 e. The van der Waals surface area contributed by atoms with Gasteiger partial charge >= 0.3 is 0 Å². The van der Waals surface area contributed by atoms with E-state index in [1.807, 2.05) is 44.2 Å². The van der Waals surface area contributed by atoms with E-state index in [0.717, 1.165) is 11.8 Å². The monoisotopic (exact) mass is 601 g/mol. The van der Waals surface area contributed by atoms with Crippen LogP contribution in [0.5, 0.6) is 0 Å². The first-order valence-corrected chi connectivity index (χ1v) is 15.8. The lowest BCUT2D eigenvalue weighted by Gasteiger charge is -2.33. The molecule has 220 valence electrons. The van der Waals surface area contributed by atoms with Crippen molar-refractivity contribution in [3.8, 4) is 0 Å². The Kier molecular flexibility index (Phi) is 11.7. The van der Waals surface area contributed by atoms with Crippen molar-refractivity contribution in [2.24, 2.45) is 0 Å². The number of carbonyl (C=O) groups excluding carboxylic acids is 2. The first-order chi connectivity index (χ1) is 19.5. The summed E-state index contributed by atoms with van der Waals surface area (Å²) >= 11 is 6.08. The van der Waals surface area contributed by atoms with Crippen LogP contribution in [-0.2, 0) is 32.6 Å². The van der Waals surface area contributed by atoms with Crippen LogP contribution in [0.3, 0.4) is 0 Å². The van der Waals surface area contributed by atoms with Gasteiger partial charge in [-0.05, 0) is 49.6 Å². The molecule has 0 aliphatic heterocycles. The third-order valence-electron chi connectivity index (χ3n) is 6.82. The highest BCUT2D eigenvalue weighted by Crippen LogP contribution is 2.23. The largest absolute Gasteiger partial charge is 0.352 e. The Morgan fingerprint density at radius 3 is 2.32 bits per heavy atom. The Bertz CT molecular complexity index is 1420. The number of hydrogen-bond acceptors (Lipinski definition) is 4. The number of hydrogen-bond donors (Lipinski definition) is 1. The van der Waals surface area contributed by atoms with Crippen molar-refractivity contribution in [2.75, 3.05) is 17.1 Å². The Hall–Kier alpha value is -3.43. The molecule has 10 heteroatoms. The summed E-state index contributed by atoms with van der Waals surface area (Å²) in [7, 11) is -3.66. The van der Waals surface area contributed by atoms with E-state index in [0.29, 0.717) is 17.1 Å². The molecule has 41 heavy (non-hydrogen) atoms. The second kappa shape index (κ2) is 15.0. The molecule has 0 radical (unpaired) electrons. The van der Waals surface area contributed by atoms with E-state index < -0.39 is 21.9 Å². The van der Waals surface area contributed by atoms with Gasteiger partial charge < -0.3 is 10.2 Å². The van der Waals surface area contributed by atoms with E-state index in [4.69, 9.17) is 11.6 Å². The summed E-state index contributed by atoms with van der Waals surface area (Å²) in [4.78, 5) is 28.8. The van der Waals surface area contributed by atoms with E-state index >= 15 is 0 Å². The Morgan fingerprint density at radius 1 is 1.00 bits per heavy atom. The van der Waals surface area contributed by atoms with Gasteiger partial charge in [-0.2, -0.15) is 0 Å². The molecule has 0 aromatic heterocycles. The van der Waals surface area contributed by atoms with Crippen molar-refractivity contribution >= 4 is 39.1 Å². The van der Waals surface area contributed by atoms with Gasteiger partial charge in [-0.3, -0.25) is 13.9 Å². The predicted molar refractivity (Wildman–Crippen MR) is 162 cm³/mol. The van der Waals surface area contributed by atoms with E-state index in [-0.39, 0.29) is 55.8 Å². The van der Waals surface area contributed by atoms with Crippen LogP contribution < -0.4 is 9.62 Å².